The van der Waals surface area contributed by atoms with Crippen molar-refractivity contribution in [2.24, 2.45) is 5.84 Å². The third-order valence-electron chi connectivity index (χ3n) is 3.88. The molecular formula is C17H28BrIN2. The van der Waals surface area contributed by atoms with Crippen LogP contribution in [0.25, 0.3) is 0 Å². The minimum absolute atomic E-state index is 0.245. The second-order valence-corrected chi connectivity index (χ2v) is 7.75. The Balaban J connectivity index is 2.27. The standard InChI is InChI=1S/C17H28BrIN2/c1-2-3-4-5-6-7-8-9-10-17(21-20)15-13-14(19)11-12-16(15)18/h11-13,17,21H,2-10,20H2,1H3. The molecule has 120 valence electrons. The van der Waals surface area contributed by atoms with Gasteiger partial charge < -0.3 is 0 Å². The van der Waals surface area contributed by atoms with E-state index in [0.717, 1.165) is 10.9 Å². The summed E-state index contributed by atoms with van der Waals surface area (Å²) in [5, 5.41) is 0. The van der Waals surface area contributed by atoms with Gasteiger partial charge in [-0.05, 0) is 52.8 Å². The molecule has 0 fully saturated rings. The summed E-state index contributed by atoms with van der Waals surface area (Å²) in [6.45, 7) is 2.27. The number of benzene rings is 1. The van der Waals surface area contributed by atoms with E-state index in [1.165, 1.54) is 60.5 Å². The maximum Gasteiger partial charge on any atom is 0.0471 e. The fourth-order valence-corrected chi connectivity index (χ4v) is 3.63. The molecule has 0 aliphatic carbocycles. The molecule has 0 aliphatic heterocycles. The van der Waals surface area contributed by atoms with E-state index in [1.54, 1.807) is 0 Å². The Bertz CT molecular complexity index is 398. The third-order valence-corrected chi connectivity index (χ3v) is 5.27. The van der Waals surface area contributed by atoms with Crippen molar-refractivity contribution in [3.8, 4) is 0 Å². The van der Waals surface area contributed by atoms with Gasteiger partial charge in [0.2, 0.25) is 0 Å². The Labute approximate surface area is 151 Å². The number of nitrogens with one attached hydrogen (secondary N) is 1. The average Bonchev–Trinajstić information content (AvgIpc) is 2.49. The summed E-state index contributed by atoms with van der Waals surface area (Å²) in [4.78, 5) is 0. The van der Waals surface area contributed by atoms with Crippen LogP contribution in [0.5, 0.6) is 0 Å². The van der Waals surface area contributed by atoms with Crippen LogP contribution >= 0.6 is 38.5 Å². The quantitative estimate of drug-likeness (QED) is 0.179. The highest BCUT2D eigenvalue weighted by Crippen LogP contribution is 2.28. The van der Waals surface area contributed by atoms with Gasteiger partial charge in [-0.1, -0.05) is 74.2 Å². The first-order valence-electron chi connectivity index (χ1n) is 8.10. The van der Waals surface area contributed by atoms with Gasteiger partial charge in [0.25, 0.3) is 0 Å². The molecule has 0 amide bonds. The van der Waals surface area contributed by atoms with Gasteiger partial charge in [0, 0.05) is 14.1 Å². The van der Waals surface area contributed by atoms with Crippen LogP contribution in [0, 0.1) is 3.57 Å². The highest BCUT2D eigenvalue weighted by atomic mass is 127. The monoisotopic (exact) mass is 466 g/mol. The zero-order valence-electron chi connectivity index (χ0n) is 13.0. The molecule has 1 aromatic rings. The van der Waals surface area contributed by atoms with Crippen molar-refractivity contribution in [3.63, 3.8) is 0 Å². The van der Waals surface area contributed by atoms with E-state index in [1.807, 2.05) is 0 Å². The molecule has 0 aliphatic rings. The van der Waals surface area contributed by atoms with E-state index in [-0.39, 0.29) is 6.04 Å². The number of hydrazine groups is 1. The van der Waals surface area contributed by atoms with E-state index in [4.69, 9.17) is 5.84 Å². The molecule has 0 saturated heterocycles. The molecule has 21 heavy (non-hydrogen) atoms. The topological polar surface area (TPSA) is 38.0 Å². The molecule has 1 atom stereocenters. The minimum Gasteiger partial charge on any atom is -0.271 e. The maximum atomic E-state index is 5.75. The van der Waals surface area contributed by atoms with Crippen LogP contribution in [0.15, 0.2) is 22.7 Å². The SMILES string of the molecule is CCCCCCCCCCC(NN)c1cc(I)ccc1Br. The Morgan fingerprint density at radius 3 is 2.33 bits per heavy atom. The zero-order valence-corrected chi connectivity index (χ0v) is 16.8. The Hall–Kier alpha value is 0.350. The predicted octanol–water partition coefficient (Wildman–Crippen LogP) is 6.09. The molecular weight excluding hydrogens is 439 g/mol. The molecule has 0 spiro atoms. The molecule has 2 nitrogen and oxygen atoms in total. The van der Waals surface area contributed by atoms with Crippen molar-refractivity contribution >= 4 is 38.5 Å². The van der Waals surface area contributed by atoms with Crippen molar-refractivity contribution in [2.45, 2.75) is 70.8 Å². The molecule has 0 aromatic heterocycles. The largest absolute Gasteiger partial charge is 0.271 e. The van der Waals surface area contributed by atoms with Gasteiger partial charge in [-0.15, -0.1) is 0 Å². The summed E-state index contributed by atoms with van der Waals surface area (Å²) in [6.07, 6.45) is 11.9. The van der Waals surface area contributed by atoms with Crippen LogP contribution in [0.3, 0.4) is 0 Å². The highest BCUT2D eigenvalue weighted by Gasteiger charge is 2.13. The van der Waals surface area contributed by atoms with Gasteiger partial charge in [0.05, 0.1) is 0 Å². The lowest BCUT2D eigenvalue weighted by Gasteiger charge is -2.18. The van der Waals surface area contributed by atoms with Crippen molar-refractivity contribution in [1.29, 1.82) is 0 Å². The second-order valence-electron chi connectivity index (χ2n) is 5.65. The van der Waals surface area contributed by atoms with Crippen LogP contribution in [0.4, 0.5) is 0 Å². The molecule has 3 N–H and O–H groups in total. The van der Waals surface area contributed by atoms with Gasteiger partial charge in [-0.2, -0.15) is 0 Å². The van der Waals surface area contributed by atoms with Crippen molar-refractivity contribution in [1.82, 2.24) is 5.43 Å². The Morgan fingerprint density at radius 2 is 1.71 bits per heavy atom. The zero-order chi connectivity index (χ0) is 15.5. The predicted molar refractivity (Wildman–Crippen MR) is 104 cm³/mol. The first kappa shape index (κ1) is 19.4. The van der Waals surface area contributed by atoms with E-state index < -0.39 is 0 Å². The summed E-state index contributed by atoms with van der Waals surface area (Å²) < 4.78 is 2.40. The summed E-state index contributed by atoms with van der Waals surface area (Å²) >= 11 is 5.98. The number of hydrogen-bond acceptors (Lipinski definition) is 2. The van der Waals surface area contributed by atoms with E-state index in [0.29, 0.717) is 0 Å². The number of halogens is 2. The smallest absolute Gasteiger partial charge is 0.0471 e. The number of hydrogen-bond donors (Lipinski definition) is 2. The highest BCUT2D eigenvalue weighted by molar-refractivity contribution is 14.1. The number of unbranched alkanes of at least 4 members (excludes halogenated alkanes) is 7. The van der Waals surface area contributed by atoms with Gasteiger partial charge in [0.1, 0.15) is 0 Å². The van der Waals surface area contributed by atoms with Crippen LogP contribution in [-0.4, -0.2) is 0 Å². The van der Waals surface area contributed by atoms with E-state index in [9.17, 15) is 0 Å². The first-order chi connectivity index (χ1) is 10.2. The molecule has 1 rings (SSSR count). The molecule has 0 bridgehead atoms. The average molecular weight is 467 g/mol. The number of rotatable bonds is 11. The van der Waals surface area contributed by atoms with E-state index >= 15 is 0 Å². The lowest BCUT2D eigenvalue weighted by molar-refractivity contribution is 0.473. The summed E-state index contributed by atoms with van der Waals surface area (Å²) in [5.74, 6) is 5.75. The van der Waals surface area contributed by atoms with E-state index in [2.05, 4.69) is 69.1 Å². The molecule has 0 radical (unpaired) electrons. The maximum absolute atomic E-state index is 5.75. The van der Waals surface area contributed by atoms with Crippen LogP contribution in [0.1, 0.15) is 76.3 Å². The number of nitrogens with two attached hydrogens (primary N) is 1. The van der Waals surface area contributed by atoms with Gasteiger partial charge >= 0.3 is 0 Å². The first-order valence-corrected chi connectivity index (χ1v) is 9.97. The fraction of sp³-hybridized carbons (Fsp3) is 0.647. The fourth-order valence-electron chi connectivity index (χ4n) is 2.59. The summed E-state index contributed by atoms with van der Waals surface area (Å²) in [6, 6.07) is 6.67. The van der Waals surface area contributed by atoms with Gasteiger partial charge in [0.15, 0.2) is 0 Å². The van der Waals surface area contributed by atoms with Crippen molar-refractivity contribution < 1.29 is 0 Å². The molecule has 0 heterocycles. The molecule has 1 aromatic carbocycles. The van der Waals surface area contributed by atoms with Gasteiger partial charge in [-0.25, -0.2) is 0 Å². The van der Waals surface area contributed by atoms with Crippen LogP contribution in [-0.2, 0) is 0 Å². The molecule has 0 saturated carbocycles. The summed E-state index contributed by atoms with van der Waals surface area (Å²) in [5.41, 5.74) is 4.24. The van der Waals surface area contributed by atoms with Crippen molar-refractivity contribution in [3.05, 3.63) is 31.8 Å². The summed E-state index contributed by atoms with van der Waals surface area (Å²) in [7, 11) is 0. The normalized spacial score (nSPS) is 12.6. The van der Waals surface area contributed by atoms with Crippen molar-refractivity contribution in [2.75, 3.05) is 0 Å². The van der Waals surface area contributed by atoms with Crippen LogP contribution < -0.4 is 11.3 Å². The van der Waals surface area contributed by atoms with Gasteiger partial charge in [-0.3, -0.25) is 11.3 Å². The lowest BCUT2D eigenvalue weighted by Crippen LogP contribution is -2.28. The second kappa shape index (κ2) is 11.9. The Morgan fingerprint density at radius 1 is 1.10 bits per heavy atom. The molecule has 4 heteroatoms. The van der Waals surface area contributed by atoms with Crippen LogP contribution in [0.2, 0.25) is 0 Å². The molecule has 1 unspecified atom stereocenters. The third kappa shape index (κ3) is 7.95. The minimum atomic E-state index is 0.245. The Kier molecular flexibility index (Phi) is 11.0. The lowest BCUT2D eigenvalue weighted by atomic mass is 10.00.